The van der Waals surface area contributed by atoms with Crippen LogP contribution < -0.4 is 44.2 Å². The molecule has 0 bridgehead atoms. The number of rotatable bonds is 20. The lowest BCUT2D eigenvalue weighted by Gasteiger charge is -2.34. The highest BCUT2D eigenvalue weighted by Crippen LogP contribution is 2.40. The Morgan fingerprint density at radius 2 is 0.667 bits per heavy atom. The van der Waals surface area contributed by atoms with Crippen molar-refractivity contribution in [2.75, 3.05) is 52.4 Å². The molecule has 0 spiro atoms. The molecule has 0 aliphatic rings. The summed E-state index contributed by atoms with van der Waals surface area (Å²) in [6.45, 7) is 2.82. The van der Waals surface area contributed by atoms with Crippen molar-refractivity contribution in [2.45, 2.75) is 51.4 Å². The molecule has 0 aliphatic carbocycles. The van der Waals surface area contributed by atoms with Gasteiger partial charge in [0.2, 0.25) is 23.6 Å². The molecule has 4 amide bonds. The monoisotopic (exact) mass is 472 g/mol. The molecule has 0 unspecified atom stereocenters. The van der Waals surface area contributed by atoms with Gasteiger partial charge >= 0.3 is 0 Å². The van der Waals surface area contributed by atoms with Gasteiger partial charge in [0.1, 0.15) is 0 Å². The van der Waals surface area contributed by atoms with Crippen LogP contribution in [0.2, 0.25) is 0 Å². The van der Waals surface area contributed by atoms with Crippen LogP contribution >= 0.6 is 0 Å². The summed E-state index contributed by atoms with van der Waals surface area (Å²) in [5.74, 6) is -0.620. The van der Waals surface area contributed by atoms with Crippen molar-refractivity contribution in [1.29, 1.82) is 0 Å². The molecule has 0 aromatic heterocycles. The lowest BCUT2D eigenvalue weighted by molar-refractivity contribution is -0.122. The van der Waals surface area contributed by atoms with Crippen LogP contribution in [0.1, 0.15) is 51.4 Å². The minimum atomic E-state index is -0.555. The molecule has 0 aliphatic heterocycles. The third-order valence-electron chi connectivity index (χ3n) is 5.40. The molecule has 0 aromatic rings. The van der Waals surface area contributed by atoms with Gasteiger partial charge in [-0.2, -0.15) is 0 Å². The summed E-state index contributed by atoms with van der Waals surface area (Å²) in [6, 6.07) is 0. The first-order chi connectivity index (χ1) is 15.8. The van der Waals surface area contributed by atoms with E-state index in [1.54, 1.807) is 0 Å². The fraction of sp³-hybridized carbons (Fsp3) is 0.810. The number of nitrogens with one attached hydrogen (secondary N) is 4. The topological polar surface area (TPSA) is 220 Å². The Labute approximate surface area is 196 Å². The molecule has 0 saturated heterocycles. The van der Waals surface area contributed by atoms with Gasteiger partial charge in [-0.25, -0.2) is 0 Å². The average Bonchev–Trinajstić information content (AvgIpc) is 2.82. The molecule has 12 N–H and O–H groups in total. The van der Waals surface area contributed by atoms with Crippen LogP contribution in [0.5, 0.6) is 0 Å². The Kier molecular flexibility index (Phi) is 17.9. The van der Waals surface area contributed by atoms with Crippen molar-refractivity contribution in [1.82, 2.24) is 21.3 Å². The molecular formula is C21H44N8O4. The maximum absolute atomic E-state index is 12.2. The number of hydrogen-bond donors (Lipinski definition) is 8. The zero-order valence-corrected chi connectivity index (χ0v) is 19.8. The van der Waals surface area contributed by atoms with Gasteiger partial charge in [-0.15, -0.1) is 0 Å². The van der Waals surface area contributed by atoms with Crippen LogP contribution in [-0.2, 0) is 19.2 Å². The predicted molar refractivity (Wildman–Crippen MR) is 128 cm³/mol. The van der Waals surface area contributed by atoms with Gasteiger partial charge in [0.25, 0.3) is 0 Å². The minimum Gasteiger partial charge on any atom is -0.355 e. The third kappa shape index (κ3) is 16.1. The summed E-state index contributed by atoms with van der Waals surface area (Å²) in [4.78, 5) is 49.0. The number of nitrogens with two attached hydrogens (primary N) is 4. The van der Waals surface area contributed by atoms with Crippen LogP contribution in [-0.4, -0.2) is 76.0 Å². The highest BCUT2D eigenvalue weighted by Gasteiger charge is 2.32. The first-order valence-electron chi connectivity index (χ1n) is 11.7. The zero-order chi connectivity index (χ0) is 25.0. The second-order valence-electron chi connectivity index (χ2n) is 8.05. The van der Waals surface area contributed by atoms with Gasteiger partial charge in [-0.1, -0.05) is 0 Å². The molecule has 0 saturated carbocycles. The minimum absolute atomic E-state index is 0.155. The second-order valence-corrected chi connectivity index (χ2v) is 8.05. The normalized spacial score (nSPS) is 11.0. The highest BCUT2D eigenvalue weighted by atomic mass is 16.2. The predicted octanol–water partition coefficient (Wildman–Crippen LogP) is -2.61. The van der Waals surface area contributed by atoms with E-state index in [1.165, 1.54) is 0 Å². The summed E-state index contributed by atoms with van der Waals surface area (Å²) in [7, 11) is 0. The number of hydrogen-bond acceptors (Lipinski definition) is 8. The van der Waals surface area contributed by atoms with Crippen LogP contribution in [0.25, 0.3) is 0 Å². The van der Waals surface area contributed by atoms with E-state index in [2.05, 4.69) is 21.3 Å². The second kappa shape index (κ2) is 19.2. The summed E-state index contributed by atoms with van der Waals surface area (Å²) in [6.07, 6.45) is 2.56. The van der Waals surface area contributed by atoms with E-state index in [4.69, 9.17) is 22.9 Å². The van der Waals surface area contributed by atoms with E-state index in [0.717, 1.165) is 0 Å². The maximum Gasteiger partial charge on any atom is 0.220 e. The highest BCUT2D eigenvalue weighted by molar-refractivity contribution is 5.78. The Morgan fingerprint density at radius 1 is 0.455 bits per heavy atom. The Bertz CT molecular complexity index is 487. The number of carbonyl (C=O) groups is 4. The van der Waals surface area contributed by atoms with Crippen LogP contribution in [0, 0.1) is 5.41 Å². The van der Waals surface area contributed by atoms with Gasteiger partial charge in [-0.05, 0) is 31.1 Å². The lowest BCUT2D eigenvalue weighted by Crippen LogP contribution is -2.35. The van der Waals surface area contributed by atoms with E-state index in [0.29, 0.717) is 78.0 Å². The molecule has 0 aromatic carbocycles. The fourth-order valence-electron chi connectivity index (χ4n) is 3.46. The smallest absolute Gasteiger partial charge is 0.220 e. The molecule has 0 heterocycles. The largest absolute Gasteiger partial charge is 0.355 e. The van der Waals surface area contributed by atoms with Gasteiger partial charge in [-0.3, -0.25) is 19.2 Å². The van der Waals surface area contributed by atoms with Gasteiger partial charge in [0.05, 0.1) is 0 Å². The molecule has 0 atom stereocenters. The van der Waals surface area contributed by atoms with Crippen LogP contribution in [0.3, 0.4) is 0 Å². The lowest BCUT2D eigenvalue weighted by atomic mass is 9.71. The van der Waals surface area contributed by atoms with Crippen LogP contribution in [0.15, 0.2) is 0 Å². The summed E-state index contributed by atoms with van der Waals surface area (Å²) < 4.78 is 0. The maximum atomic E-state index is 12.2. The molecule has 12 heteroatoms. The average molecular weight is 473 g/mol. The number of amides is 4. The van der Waals surface area contributed by atoms with E-state index in [-0.39, 0.29) is 49.3 Å². The first kappa shape index (κ1) is 30.7. The van der Waals surface area contributed by atoms with Gasteiger partial charge < -0.3 is 44.2 Å². The van der Waals surface area contributed by atoms with E-state index < -0.39 is 5.41 Å². The Morgan fingerprint density at radius 3 is 0.848 bits per heavy atom. The fourth-order valence-corrected chi connectivity index (χ4v) is 3.46. The van der Waals surface area contributed by atoms with E-state index >= 15 is 0 Å². The van der Waals surface area contributed by atoms with Gasteiger partial charge in [0.15, 0.2) is 0 Å². The van der Waals surface area contributed by atoms with E-state index in [9.17, 15) is 19.2 Å². The number of carbonyl (C=O) groups excluding carboxylic acids is 4. The summed E-state index contributed by atoms with van der Waals surface area (Å²) in [5, 5.41) is 11.0. The molecule has 0 fully saturated rings. The SMILES string of the molecule is NCCNC(=O)CCC(CCC(=O)NCCN)(CCC(=O)NCCN)CCC(=O)NCCN. The Hall–Kier alpha value is -2.28. The summed E-state index contributed by atoms with van der Waals surface area (Å²) >= 11 is 0. The van der Waals surface area contributed by atoms with Crippen molar-refractivity contribution in [2.24, 2.45) is 28.3 Å². The Balaban J connectivity index is 5.42. The zero-order valence-electron chi connectivity index (χ0n) is 19.8. The quantitative estimate of drug-likeness (QED) is 0.0935. The van der Waals surface area contributed by atoms with Crippen molar-refractivity contribution in [3.63, 3.8) is 0 Å². The third-order valence-corrected chi connectivity index (χ3v) is 5.40. The molecule has 0 radical (unpaired) electrons. The van der Waals surface area contributed by atoms with Crippen molar-refractivity contribution < 1.29 is 19.2 Å². The van der Waals surface area contributed by atoms with E-state index in [1.807, 2.05) is 0 Å². The van der Waals surface area contributed by atoms with Crippen molar-refractivity contribution in [3.05, 3.63) is 0 Å². The molecule has 12 nitrogen and oxygen atoms in total. The molecule has 192 valence electrons. The molecular weight excluding hydrogens is 428 g/mol. The van der Waals surface area contributed by atoms with Gasteiger partial charge in [0, 0.05) is 78.0 Å². The summed E-state index contributed by atoms with van der Waals surface area (Å²) in [5.41, 5.74) is 21.2. The van der Waals surface area contributed by atoms with Crippen molar-refractivity contribution in [3.8, 4) is 0 Å². The molecule has 33 heavy (non-hydrogen) atoms. The first-order valence-corrected chi connectivity index (χ1v) is 11.7. The molecule has 0 rings (SSSR count). The van der Waals surface area contributed by atoms with Crippen LogP contribution in [0.4, 0.5) is 0 Å². The standard InChI is InChI=1S/C21H44N8O4/c22-9-13-26-17(30)1-5-21(6-2-18(31)27-14-10-23,7-3-19(32)28-15-11-24)8-4-20(33)29-16-12-25/h1-16,22-25H2,(H,26,30)(H,27,31)(H,28,32)(H,29,33). The van der Waals surface area contributed by atoms with Crippen molar-refractivity contribution >= 4 is 23.6 Å².